The zero-order valence-corrected chi connectivity index (χ0v) is 9.69. The molecule has 86 valence electrons. The average molecular weight is 248 g/mol. The number of nitrogens with two attached hydrogens (primary N) is 1. The third kappa shape index (κ3) is 1.66. The van der Waals surface area contributed by atoms with Crippen LogP contribution in [0.4, 0.5) is 5.82 Å². The zero-order valence-electron chi connectivity index (χ0n) is 8.93. The van der Waals surface area contributed by atoms with Crippen LogP contribution in [0.2, 0.25) is 5.15 Å². The van der Waals surface area contributed by atoms with Gasteiger partial charge in [-0.15, -0.1) is 0 Å². The lowest BCUT2D eigenvalue weighted by Gasteiger charge is -2.02. The largest absolute Gasteiger partial charge is 0.469 e. The summed E-state index contributed by atoms with van der Waals surface area (Å²) in [5.41, 5.74) is 6.75. The molecule has 0 spiro atoms. The van der Waals surface area contributed by atoms with E-state index in [2.05, 4.69) is 4.98 Å². The van der Waals surface area contributed by atoms with Gasteiger partial charge in [0.05, 0.1) is 18.2 Å². The van der Waals surface area contributed by atoms with Crippen molar-refractivity contribution in [2.45, 2.75) is 6.42 Å². The van der Waals surface area contributed by atoms with Gasteiger partial charge >= 0.3 is 0 Å². The molecule has 0 aliphatic rings. The Balaban J connectivity index is 2.16. The predicted molar refractivity (Wildman–Crippen MR) is 66.1 cm³/mol. The third-order valence-electron chi connectivity index (χ3n) is 2.63. The molecular formula is C12H10ClN3O. The highest BCUT2D eigenvalue weighted by molar-refractivity contribution is 6.32. The van der Waals surface area contributed by atoms with Crippen LogP contribution >= 0.6 is 11.6 Å². The minimum atomic E-state index is 0.457. The summed E-state index contributed by atoms with van der Waals surface area (Å²) in [5, 5.41) is 0.457. The Kier molecular flexibility index (Phi) is 2.30. The van der Waals surface area contributed by atoms with Gasteiger partial charge in [-0.3, -0.25) is 4.40 Å². The molecule has 4 nitrogen and oxygen atoms in total. The Hall–Kier alpha value is -1.94. The van der Waals surface area contributed by atoms with Crippen LogP contribution < -0.4 is 5.73 Å². The van der Waals surface area contributed by atoms with Crippen molar-refractivity contribution in [3.8, 4) is 0 Å². The Labute approximate surface area is 103 Å². The summed E-state index contributed by atoms with van der Waals surface area (Å²) in [4.78, 5) is 4.31. The molecule has 2 N–H and O–H groups in total. The third-order valence-corrected chi connectivity index (χ3v) is 2.91. The summed E-state index contributed by atoms with van der Waals surface area (Å²) in [6, 6.07) is 9.30. The van der Waals surface area contributed by atoms with Gasteiger partial charge in [0.25, 0.3) is 0 Å². The lowest BCUT2D eigenvalue weighted by atomic mass is 10.3. The number of pyridine rings is 1. The van der Waals surface area contributed by atoms with E-state index in [1.807, 2.05) is 34.7 Å². The summed E-state index contributed by atoms with van der Waals surface area (Å²) in [5.74, 6) is 2.22. The highest BCUT2D eigenvalue weighted by Crippen LogP contribution is 2.23. The van der Waals surface area contributed by atoms with Crippen LogP contribution in [-0.2, 0) is 6.42 Å². The van der Waals surface area contributed by atoms with E-state index < -0.39 is 0 Å². The first-order valence-corrected chi connectivity index (χ1v) is 5.57. The minimum absolute atomic E-state index is 0.457. The Bertz CT molecular complexity index is 658. The topological polar surface area (TPSA) is 56.5 Å². The molecule has 0 radical (unpaired) electrons. The van der Waals surface area contributed by atoms with Crippen molar-refractivity contribution >= 4 is 22.9 Å². The monoisotopic (exact) mass is 247 g/mol. The van der Waals surface area contributed by atoms with E-state index in [9.17, 15) is 0 Å². The van der Waals surface area contributed by atoms with E-state index in [1.54, 1.807) is 6.26 Å². The van der Waals surface area contributed by atoms with Crippen molar-refractivity contribution in [1.29, 1.82) is 0 Å². The van der Waals surface area contributed by atoms with Gasteiger partial charge in [-0.2, -0.15) is 0 Å². The molecule has 0 unspecified atom stereocenters. The fourth-order valence-corrected chi connectivity index (χ4v) is 2.13. The second-order valence-electron chi connectivity index (χ2n) is 3.75. The predicted octanol–water partition coefficient (Wildman–Crippen LogP) is 2.75. The van der Waals surface area contributed by atoms with Gasteiger partial charge < -0.3 is 10.2 Å². The second-order valence-corrected chi connectivity index (χ2v) is 4.10. The number of aromatic nitrogens is 2. The molecule has 0 fully saturated rings. The van der Waals surface area contributed by atoms with Crippen molar-refractivity contribution < 1.29 is 4.42 Å². The van der Waals surface area contributed by atoms with E-state index in [0.717, 1.165) is 17.1 Å². The molecule has 0 aliphatic carbocycles. The van der Waals surface area contributed by atoms with Crippen molar-refractivity contribution in [2.75, 3.05) is 5.73 Å². The summed E-state index contributed by atoms with van der Waals surface area (Å²) >= 11 is 6.07. The highest BCUT2D eigenvalue weighted by Gasteiger charge is 2.12. The molecular weight excluding hydrogens is 238 g/mol. The normalized spacial score (nSPS) is 11.1. The van der Waals surface area contributed by atoms with Crippen LogP contribution in [0, 0.1) is 0 Å². The number of nitrogens with zero attached hydrogens (tertiary/aromatic N) is 2. The van der Waals surface area contributed by atoms with Crippen molar-refractivity contribution in [3.05, 3.63) is 53.3 Å². The smallest absolute Gasteiger partial charge is 0.155 e. The Morgan fingerprint density at radius 2 is 2.18 bits per heavy atom. The van der Waals surface area contributed by atoms with E-state index in [4.69, 9.17) is 21.8 Å². The van der Waals surface area contributed by atoms with Crippen molar-refractivity contribution in [1.82, 2.24) is 9.38 Å². The molecule has 17 heavy (non-hydrogen) atoms. The lowest BCUT2D eigenvalue weighted by Crippen LogP contribution is -2.01. The lowest BCUT2D eigenvalue weighted by molar-refractivity contribution is 0.517. The number of hydrogen-bond donors (Lipinski definition) is 1. The van der Waals surface area contributed by atoms with Crippen LogP contribution in [-0.4, -0.2) is 9.38 Å². The van der Waals surface area contributed by atoms with E-state index in [0.29, 0.717) is 17.4 Å². The van der Waals surface area contributed by atoms with Gasteiger partial charge in [0.1, 0.15) is 17.4 Å². The standard InChI is InChI=1S/C12H10ClN3O/c13-12-9-4-1-5-10(14)16(9)11(15-12)7-8-3-2-6-17-8/h1-6H,7,14H2. The molecule has 0 aromatic carbocycles. The first-order chi connectivity index (χ1) is 8.25. The average Bonchev–Trinajstić information content (AvgIpc) is 2.90. The fraction of sp³-hybridized carbons (Fsp3) is 0.0833. The summed E-state index contributed by atoms with van der Waals surface area (Å²) in [6.07, 6.45) is 2.20. The SMILES string of the molecule is Nc1cccc2c(Cl)nc(Cc3ccco3)n12. The van der Waals surface area contributed by atoms with Gasteiger partial charge in [-0.25, -0.2) is 4.98 Å². The number of halogens is 1. The number of anilines is 1. The van der Waals surface area contributed by atoms with Crippen LogP contribution in [0.25, 0.3) is 5.52 Å². The molecule has 0 saturated carbocycles. The molecule has 0 aliphatic heterocycles. The molecule has 5 heteroatoms. The summed E-state index contributed by atoms with van der Waals surface area (Å²) in [6.45, 7) is 0. The van der Waals surface area contributed by atoms with E-state index in [-0.39, 0.29) is 0 Å². The number of fused-ring (bicyclic) bond motifs is 1. The van der Waals surface area contributed by atoms with Gasteiger partial charge in [-0.1, -0.05) is 17.7 Å². The summed E-state index contributed by atoms with van der Waals surface area (Å²) < 4.78 is 7.14. The van der Waals surface area contributed by atoms with E-state index >= 15 is 0 Å². The van der Waals surface area contributed by atoms with Gasteiger partial charge in [0, 0.05) is 0 Å². The number of furan rings is 1. The maximum atomic E-state index is 6.07. The molecule has 3 heterocycles. The maximum Gasteiger partial charge on any atom is 0.155 e. The number of hydrogen-bond acceptors (Lipinski definition) is 3. The van der Waals surface area contributed by atoms with Crippen LogP contribution in [0.15, 0.2) is 41.0 Å². The van der Waals surface area contributed by atoms with Crippen molar-refractivity contribution in [3.63, 3.8) is 0 Å². The van der Waals surface area contributed by atoms with E-state index in [1.165, 1.54) is 0 Å². The van der Waals surface area contributed by atoms with Crippen molar-refractivity contribution in [2.24, 2.45) is 0 Å². The number of nitrogen functional groups attached to an aromatic ring is 1. The first kappa shape index (κ1) is 10.2. The molecule has 0 atom stereocenters. The fourth-order valence-electron chi connectivity index (χ4n) is 1.88. The molecule has 0 amide bonds. The molecule has 3 aromatic heterocycles. The minimum Gasteiger partial charge on any atom is -0.469 e. The molecule has 0 bridgehead atoms. The molecule has 3 rings (SSSR count). The first-order valence-electron chi connectivity index (χ1n) is 5.19. The number of rotatable bonds is 2. The second kappa shape index (κ2) is 3.82. The maximum absolute atomic E-state index is 6.07. The van der Waals surface area contributed by atoms with Gasteiger partial charge in [0.2, 0.25) is 0 Å². The zero-order chi connectivity index (χ0) is 11.8. The summed E-state index contributed by atoms with van der Waals surface area (Å²) in [7, 11) is 0. The van der Waals surface area contributed by atoms with Crippen LogP contribution in [0.3, 0.4) is 0 Å². The number of imidazole rings is 1. The van der Waals surface area contributed by atoms with Crippen LogP contribution in [0.5, 0.6) is 0 Å². The van der Waals surface area contributed by atoms with Gasteiger partial charge in [0.15, 0.2) is 5.15 Å². The molecule has 3 aromatic rings. The van der Waals surface area contributed by atoms with Crippen LogP contribution in [0.1, 0.15) is 11.6 Å². The Morgan fingerprint density at radius 3 is 2.94 bits per heavy atom. The van der Waals surface area contributed by atoms with Gasteiger partial charge in [-0.05, 0) is 24.3 Å². The Morgan fingerprint density at radius 1 is 1.29 bits per heavy atom. The molecule has 0 saturated heterocycles. The quantitative estimate of drug-likeness (QED) is 0.758. The highest BCUT2D eigenvalue weighted by atomic mass is 35.5.